The Labute approximate surface area is 154 Å². The molecule has 5 nitrogen and oxygen atoms in total. The van der Waals surface area contributed by atoms with Gasteiger partial charge in [0.2, 0.25) is 0 Å². The van der Waals surface area contributed by atoms with Crippen molar-refractivity contribution in [1.29, 1.82) is 0 Å². The van der Waals surface area contributed by atoms with E-state index in [0.29, 0.717) is 12.1 Å². The van der Waals surface area contributed by atoms with Crippen molar-refractivity contribution >= 4 is 17.7 Å². The van der Waals surface area contributed by atoms with Crippen LogP contribution in [0.3, 0.4) is 0 Å². The van der Waals surface area contributed by atoms with Gasteiger partial charge in [0.15, 0.2) is 5.43 Å². The molecule has 0 saturated carbocycles. The van der Waals surface area contributed by atoms with E-state index in [4.69, 9.17) is 0 Å². The van der Waals surface area contributed by atoms with Crippen LogP contribution < -0.4 is 5.43 Å². The Morgan fingerprint density at radius 3 is 2.73 bits per heavy atom. The summed E-state index contributed by atoms with van der Waals surface area (Å²) in [5, 5.41) is 9.60. The molecule has 1 aliphatic rings. The minimum Gasteiger partial charge on any atom is -0.477 e. The number of hydrogen-bond acceptors (Lipinski definition) is 4. The maximum absolute atomic E-state index is 12.4. The number of pyridine rings is 2. The van der Waals surface area contributed by atoms with E-state index in [9.17, 15) is 14.7 Å². The molecule has 130 valence electrons. The first-order chi connectivity index (χ1) is 12.6. The number of thioether (sulfide) groups is 1. The summed E-state index contributed by atoms with van der Waals surface area (Å²) in [6, 6.07) is 15.0. The van der Waals surface area contributed by atoms with Crippen LogP contribution in [0.1, 0.15) is 32.7 Å². The van der Waals surface area contributed by atoms with E-state index in [1.807, 2.05) is 54.0 Å². The summed E-state index contributed by atoms with van der Waals surface area (Å²) < 4.78 is 1.90. The number of carboxylic acids is 1. The van der Waals surface area contributed by atoms with Gasteiger partial charge < -0.3 is 9.67 Å². The molecule has 0 saturated heterocycles. The summed E-state index contributed by atoms with van der Waals surface area (Å²) in [5.41, 5.74) is 2.40. The monoisotopic (exact) mass is 364 g/mol. The number of aromatic nitrogens is 2. The molecule has 0 bridgehead atoms. The van der Waals surface area contributed by atoms with Crippen LogP contribution in [0, 0.1) is 6.92 Å². The van der Waals surface area contributed by atoms with Crippen molar-refractivity contribution in [3.8, 4) is 5.69 Å². The summed E-state index contributed by atoms with van der Waals surface area (Å²) in [6.45, 7) is 1.83. The van der Waals surface area contributed by atoms with Gasteiger partial charge in [-0.1, -0.05) is 18.2 Å². The second-order valence-electron chi connectivity index (χ2n) is 6.15. The van der Waals surface area contributed by atoms with Gasteiger partial charge in [0.1, 0.15) is 5.56 Å². The number of rotatable bonds is 2. The van der Waals surface area contributed by atoms with E-state index in [2.05, 4.69) is 4.98 Å². The largest absolute Gasteiger partial charge is 0.477 e. The van der Waals surface area contributed by atoms with Crippen LogP contribution in [0.15, 0.2) is 64.4 Å². The lowest BCUT2D eigenvalue weighted by Crippen LogP contribution is -2.24. The average molecular weight is 364 g/mol. The van der Waals surface area contributed by atoms with Gasteiger partial charge in [-0.15, -0.1) is 11.8 Å². The first-order valence-electron chi connectivity index (χ1n) is 8.22. The highest BCUT2D eigenvalue weighted by Crippen LogP contribution is 2.43. The number of para-hydroxylation sites is 1. The predicted molar refractivity (Wildman–Crippen MR) is 100 cm³/mol. The molecule has 3 heterocycles. The fraction of sp³-hybridized carbons (Fsp3) is 0.150. The van der Waals surface area contributed by atoms with Crippen molar-refractivity contribution in [3.05, 3.63) is 87.6 Å². The predicted octanol–water partition coefficient (Wildman–Crippen LogP) is 3.63. The quantitative estimate of drug-likeness (QED) is 0.752. The number of carbonyl (C=O) groups is 1. The zero-order valence-corrected chi connectivity index (χ0v) is 14.9. The van der Waals surface area contributed by atoms with Gasteiger partial charge in [0.25, 0.3) is 0 Å². The minimum absolute atomic E-state index is 0.0783. The molecule has 0 spiro atoms. The van der Waals surface area contributed by atoms with Crippen LogP contribution in [0.4, 0.5) is 0 Å². The van der Waals surface area contributed by atoms with Crippen LogP contribution in [-0.2, 0) is 6.42 Å². The lowest BCUT2D eigenvalue weighted by molar-refractivity contribution is 0.0693. The highest BCUT2D eigenvalue weighted by atomic mass is 32.2. The lowest BCUT2D eigenvalue weighted by Gasteiger charge is -2.18. The number of aromatic carboxylic acids is 1. The molecular weight excluding hydrogens is 348 g/mol. The number of fused-ring (bicyclic) bond motifs is 3. The van der Waals surface area contributed by atoms with Crippen molar-refractivity contribution in [2.45, 2.75) is 23.5 Å². The van der Waals surface area contributed by atoms with Crippen molar-refractivity contribution < 1.29 is 9.90 Å². The fourth-order valence-electron chi connectivity index (χ4n) is 3.39. The molecule has 0 amide bonds. The Bertz CT molecular complexity index is 1060. The zero-order chi connectivity index (χ0) is 18.3. The number of benzene rings is 1. The molecule has 0 aliphatic carbocycles. The van der Waals surface area contributed by atoms with Gasteiger partial charge in [-0.25, -0.2) is 4.79 Å². The maximum atomic E-state index is 12.4. The average Bonchev–Trinajstić information content (AvgIpc) is 2.79. The topological polar surface area (TPSA) is 72.2 Å². The minimum atomic E-state index is -1.19. The summed E-state index contributed by atoms with van der Waals surface area (Å²) in [7, 11) is 0. The van der Waals surface area contributed by atoms with Gasteiger partial charge in [-0.3, -0.25) is 9.78 Å². The van der Waals surface area contributed by atoms with E-state index in [0.717, 1.165) is 22.0 Å². The highest BCUT2D eigenvalue weighted by molar-refractivity contribution is 7.99. The van der Waals surface area contributed by atoms with E-state index in [1.54, 1.807) is 18.0 Å². The molecule has 3 aromatic rings. The first kappa shape index (κ1) is 16.6. The third-order valence-electron chi connectivity index (χ3n) is 4.48. The summed E-state index contributed by atoms with van der Waals surface area (Å²) in [5.74, 6) is -1.19. The SMILES string of the molecule is Cc1cc(=O)c(C(=O)O)c2n1-c1ccccc1S[C@@H](c1ccccn1)C2. The number of nitrogens with zero attached hydrogens (tertiary/aromatic N) is 2. The molecule has 4 rings (SSSR count). The number of hydrogen-bond donors (Lipinski definition) is 1. The third kappa shape index (κ3) is 2.72. The molecule has 2 aromatic heterocycles. The van der Waals surface area contributed by atoms with Crippen LogP contribution in [-0.4, -0.2) is 20.6 Å². The van der Waals surface area contributed by atoms with Gasteiger partial charge in [-0.05, 0) is 31.2 Å². The Hall–Kier alpha value is -2.86. The Kier molecular flexibility index (Phi) is 4.12. The molecule has 0 fully saturated rings. The molecule has 0 unspecified atom stereocenters. The van der Waals surface area contributed by atoms with Crippen LogP contribution >= 0.6 is 11.8 Å². The molecule has 1 aliphatic heterocycles. The van der Waals surface area contributed by atoms with Gasteiger partial charge in [0, 0.05) is 35.0 Å². The van der Waals surface area contributed by atoms with E-state index >= 15 is 0 Å². The molecular formula is C20H16N2O3S. The summed E-state index contributed by atoms with van der Waals surface area (Å²) in [4.78, 5) is 29.7. The smallest absolute Gasteiger partial charge is 0.341 e. The highest BCUT2D eigenvalue weighted by Gasteiger charge is 2.29. The number of aryl methyl sites for hydroxylation is 1. The summed E-state index contributed by atoms with van der Waals surface area (Å²) >= 11 is 1.64. The molecule has 6 heteroatoms. The van der Waals surface area contributed by atoms with E-state index < -0.39 is 11.4 Å². The van der Waals surface area contributed by atoms with Crippen molar-refractivity contribution in [1.82, 2.24) is 9.55 Å². The van der Waals surface area contributed by atoms with Crippen molar-refractivity contribution in [2.24, 2.45) is 0 Å². The second-order valence-corrected chi connectivity index (χ2v) is 7.39. The standard InChI is InChI=1S/C20H16N2O3S/c1-12-10-16(23)19(20(24)25)15-11-18(13-6-4-5-9-21-13)26-17-8-3-2-7-14(17)22(12)15/h2-10,18H,11H2,1H3,(H,24,25)/t18-/m1/s1. The van der Waals surface area contributed by atoms with Crippen LogP contribution in [0.25, 0.3) is 5.69 Å². The van der Waals surface area contributed by atoms with Gasteiger partial charge in [-0.2, -0.15) is 0 Å². The van der Waals surface area contributed by atoms with Crippen LogP contribution in [0.2, 0.25) is 0 Å². The van der Waals surface area contributed by atoms with Crippen molar-refractivity contribution in [3.63, 3.8) is 0 Å². The fourth-order valence-corrected chi connectivity index (χ4v) is 4.64. The molecule has 26 heavy (non-hydrogen) atoms. The Balaban J connectivity index is 2.04. The van der Waals surface area contributed by atoms with Gasteiger partial charge >= 0.3 is 5.97 Å². The molecule has 0 radical (unpaired) electrons. The van der Waals surface area contributed by atoms with E-state index in [-0.39, 0.29) is 10.8 Å². The maximum Gasteiger partial charge on any atom is 0.341 e. The van der Waals surface area contributed by atoms with Gasteiger partial charge in [0.05, 0.1) is 16.6 Å². The van der Waals surface area contributed by atoms with Crippen molar-refractivity contribution in [2.75, 3.05) is 0 Å². The van der Waals surface area contributed by atoms with E-state index in [1.165, 1.54) is 6.07 Å². The summed E-state index contributed by atoms with van der Waals surface area (Å²) in [6.07, 6.45) is 2.14. The molecule has 1 N–H and O–H groups in total. The molecule has 1 aromatic carbocycles. The number of carboxylic acid groups (broad SMARTS) is 1. The second kappa shape index (κ2) is 6.46. The molecule has 1 atom stereocenters. The zero-order valence-electron chi connectivity index (χ0n) is 14.0. The third-order valence-corrected chi connectivity index (χ3v) is 5.78. The normalized spacial score (nSPS) is 15.7. The lowest BCUT2D eigenvalue weighted by atomic mass is 10.0. The van der Waals surface area contributed by atoms with Crippen LogP contribution in [0.5, 0.6) is 0 Å². The Morgan fingerprint density at radius 2 is 2.00 bits per heavy atom. The first-order valence-corrected chi connectivity index (χ1v) is 9.10. The Morgan fingerprint density at radius 1 is 1.23 bits per heavy atom.